The molecule has 0 radical (unpaired) electrons. The molecule has 0 atom stereocenters. The van der Waals surface area contributed by atoms with Gasteiger partial charge in [0.15, 0.2) is 5.90 Å². The molecule has 0 aliphatic rings. The summed E-state index contributed by atoms with van der Waals surface area (Å²) in [5.74, 6) is 0.441. The highest BCUT2D eigenvalue weighted by Crippen LogP contribution is 2.00. The molecule has 0 aliphatic heterocycles. The molecule has 0 heterocycles. The molecule has 1 N–H and O–H groups in total. The lowest BCUT2D eigenvalue weighted by molar-refractivity contribution is 0.312. The van der Waals surface area contributed by atoms with E-state index in [1.54, 1.807) is 0 Å². The molecule has 3 heteroatoms. The standard InChI is InChI=1S/C8H17NO.ClH/c1-3-5-6-7-8(9)10-4-2;/h9H,3-7H2,1-2H3;1H. The molecule has 0 unspecified atom stereocenters. The Hall–Kier alpha value is -0.240. The maximum atomic E-state index is 7.24. The second kappa shape index (κ2) is 9.76. The van der Waals surface area contributed by atoms with Crippen LogP contribution in [0.1, 0.15) is 39.5 Å². The average molecular weight is 180 g/mol. The number of halogens is 1. The van der Waals surface area contributed by atoms with Gasteiger partial charge in [-0.25, -0.2) is 0 Å². The first-order valence-electron chi connectivity index (χ1n) is 4.01. The number of hydrogen-bond donors (Lipinski definition) is 1. The van der Waals surface area contributed by atoms with Gasteiger partial charge in [0.25, 0.3) is 0 Å². The quantitative estimate of drug-likeness (QED) is 0.393. The largest absolute Gasteiger partial charge is 0.481 e. The van der Waals surface area contributed by atoms with Crippen LogP contribution < -0.4 is 0 Å². The van der Waals surface area contributed by atoms with Gasteiger partial charge in [-0.05, 0) is 13.3 Å². The van der Waals surface area contributed by atoms with Crippen molar-refractivity contribution in [2.75, 3.05) is 6.61 Å². The van der Waals surface area contributed by atoms with Crippen molar-refractivity contribution in [3.05, 3.63) is 0 Å². The minimum Gasteiger partial charge on any atom is -0.481 e. The molecule has 0 rings (SSSR count). The highest BCUT2D eigenvalue weighted by atomic mass is 35.5. The summed E-state index contributed by atoms with van der Waals surface area (Å²) in [7, 11) is 0. The fourth-order valence-electron chi connectivity index (χ4n) is 0.782. The Morgan fingerprint density at radius 3 is 2.36 bits per heavy atom. The van der Waals surface area contributed by atoms with Crippen LogP contribution in [0, 0.1) is 5.41 Å². The van der Waals surface area contributed by atoms with Crippen molar-refractivity contribution in [3.8, 4) is 0 Å². The van der Waals surface area contributed by atoms with Crippen LogP contribution in [0.15, 0.2) is 0 Å². The zero-order chi connectivity index (χ0) is 7.82. The van der Waals surface area contributed by atoms with Crippen LogP contribution in [0.25, 0.3) is 0 Å². The molecular formula is C8H18ClNO. The van der Waals surface area contributed by atoms with E-state index in [2.05, 4.69) is 6.92 Å². The zero-order valence-electron chi connectivity index (χ0n) is 7.35. The van der Waals surface area contributed by atoms with Crippen LogP contribution in [-0.4, -0.2) is 12.5 Å². The Kier molecular flexibility index (Phi) is 11.9. The third-order valence-electron chi connectivity index (χ3n) is 1.33. The third kappa shape index (κ3) is 9.76. The molecule has 0 fully saturated rings. The predicted molar refractivity (Wildman–Crippen MR) is 50.7 cm³/mol. The van der Waals surface area contributed by atoms with Gasteiger partial charge in [0.2, 0.25) is 0 Å². The second-order valence-electron chi connectivity index (χ2n) is 2.31. The average Bonchev–Trinajstić information content (AvgIpc) is 1.89. The predicted octanol–water partition coefficient (Wildman–Crippen LogP) is 3.00. The van der Waals surface area contributed by atoms with E-state index in [-0.39, 0.29) is 12.4 Å². The van der Waals surface area contributed by atoms with Crippen molar-refractivity contribution >= 4 is 18.3 Å². The maximum absolute atomic E-state index is 7.24. The van der Waals surface area contributed by atoms with Gasteiger partial charge in [-0.1, -0.05) is 19.8 Å². The molecule has 0 aromatic heterocycles. The van der Waals surface area contributed by atoms with E-state index in [0.29, 0.717) is 12.5 Å². The maximum Gasteiger partial charge on any atom is 0.180 e. The molecule has 0 amide bonds. The van der Waals surface area contributed by atoms with Crippen molar-refractivity contribution in [3.63, 3.8) is 0 Å². The van der Waals surface area contributed by atoms with E-state index in [9.17, 15) is 0 Å². The highest BCUT2D eigenvalue weighted by molar-refractivity contribution is 5.85. The molecule has 11 heavy (non-hydrogen) atoms. The van der Waals surface area contributed by atoms with E-state index >= 15 is 0 Å². The molecule has 0 aliphatic carbocycles. The first-order valence-corrected chi connectivity index (χ1v) is 4.01. The number of nitrogens with one attached hydrogen (secondary N) is 1. The van der Waals surface area contributed by atoms with E-state index < -0.39 is 0 Å². The summed E-state index contributed by atoms with van der Waals surface area (Å²) in [6.07, 6.45) is 4.31. The third-order valence-corrected chi connectivity index (χ3v) is 1.33. The van der Waals surface area contributed by atoms with Gasteiger partial charge in [0.1, 0.15) is 0 Å². The minimum absolute atomic E-state index is 0. The normalized spacial score (nSPS) is 8.55. The Labute approximate surface area is 75.2 Å². The van der Waals surface area contributed by atoms with Gasteiger partial charge in [-0.15, -0.1) is 12.4 Å². The summed E-state index contributed by atoms with van der Waals surface area (Å²) in [6, 6.07) is 0. The van der Waals surface area contributed by atoms with Crippen LogP contribution in [0.5, 0.6) is 0 Å². The van der Waals surface area contributed by atoms with E-state index in [4.69, 9.17) is 10.1 Å². The molecule has 0 bridgehead atoms. The molecular weight excluding hydrogens is 162 g/mol. The number of ether oxygens (including phenoxy) is 1. The Morgan fingerprint density at radius 1 is 1.27 bits per heavy atom. The minimum atomic E-state index is 0. The lowest BCUT2D eigenvalue weighted by atomic mass is 10.2. The first kappa shape index (κ1) is 13.4. The highest BCUT2D eigenvalue weighted by Gasteiger charge is 1.94. The summed E-state index contributed by atoms with van der Waals surface area (Å²) < 4.78 is 4.97. The monoisotopic (exact) mass is 179 g/mol. The van der Waals surface area contributed by atoms with E-state index in [1.807, 2.05) is 6.92 Å². The van der Waals surface area contributed by atoms with Crippen molar-refractivity contribution in [2.24, 2.45) is 0 Å². The Morgan fingerprint density at radius 2 is 1.91 bits per heavy atom. The fourth-order valence-corrected chi connectivity index (χ4v) is 0.782. The van der Waals surface area contributed by atoms with Crippen molar-refractivity contribution < 1.29 is 4.74 Å². The summed E-state index contributed by atoms with van der Waals surface area (Å²) >= 11 is 0. The number of hydrogen-bond acceptors (Lipinski definition) is 2. The molecule has 0 aromatic carbocycles. The zero-order valence-corrected chi connectivity index (χ0v) is 8.17. The van der Waals surface area contributed by atoms with Crippen molar-refractivity contribution in [1.82, 2.24) is 0 Å². The molecule has 0 spiro atoms. The SMILES string of the molecule is CCCCCC(=N)OCC.Cl. The molecule has 0 saturated carbocycles. The van der Waals surface area contributed by atoms with Gasteiger partial charge >= 0.3 is 0 Å². The number of rotatable bonds is 5. The second-order valence-corrected chi connectivity index (χ2v) is 2.31. The first-order chi connectivity index (χ1) is 4.81. The van der Waals surface area contributed by atoms with Crippen LogP contribution in [-0.2, 0) is 4.74 Å². The summed E-state index contributed by atoms with van der Waals surface area (Å²) in [6.45, 7) is 4.70. The lowest BCUT2D eigenvalue weighted by Gasteiger charge is -2.02. The van der Waals surface area contributed by atoms with E-state index in [0.717, 1.165) is 12.8 Å². The van der Waals surface area contributed by atoms with Gasteiger partial charge in [-0.3, -0.25) is 5.41 Å². The van der Waals surface area contributed by atoms with Crippen LogP contribution >= 0.6 is 12.4 Å². The smallest absolute Gasteiger partial charge is 0.180 e. The Balaban J connectivity index is 0. The van der Waals surface area contributed by atoms with Crippen LogP contribution in [0.3, 0.4) is 0 Å². The lowest BCUT2D eigenvalue weighted by Crippen LogP contribution is -2.01. The topological polar surface area (TPSA) is 33.1 Å². The fraction of sp³-hybridized carbons (Fsp3) is 0.875. The molecule has 0 saturated heterocycles. The van der Waals surface area contributed by atoms with Gasteiger partial charge < -0.3 is 4.74 Å². The van der Waals surface area contributed by atoms with Gasteiger partial charge in [0.05, 0.1) is 6.61 Å². The van der Waals surface area contributed by atoms with Gasteiger partial charge in [0, 0.05) is 6.42 Å². The molecule has 0 aromatic rings. The Bertz CT molecular complexity index is 96.1. The van der Waals surface area contributed by atoms with Gasteiger partial charge in [-0.2, -0.15) is 0 Å². The van der Waals surface area contributed by atoms with E-state index in [1.165, 1.54) is 12.8 Å². The summed E-state index contributed by atoms with van der Waals surface area (Å²) in [5, 5.41) is 7.24. The summed E-state index contributed by atoms with van der Waals surface area (Å²) in [4.78, 5) is 0. The van der Waals surface area contributed by atoms with Crippen LogP contribution in [0.2, 0.25) is 0 Å². The van der Waals surface area contributed by atoms with Crippen LogP contribution in [0.4, 0.5) is 0 Å². The molecule has 2 nitrogen and oxygen atoms in total. The summed E-state index contributed by atoms with van der Waals surface area (Å²) in [5.41, 5.74) is 0. The van der Waals surface area contributed by atoms with Crippen molar-refractivity contribution in [2.45, 2.75) is 39.5 Å². The van der Waals surface area contributed by atoms with Crippen molar-refractivity contribution in [1.29, 1.82) is 5.41 Å². The molecule has 68 valence electrons. The number of unbranched alkanes of at least 4 members (excludes halogenated alkanes) is 2.